The van der Waals surface area contributed by atoms with Gasteiger partial charge in [0.05, 0.1) is 6.42 Å². The summed E-state index contributed by atoms with van der Waals surface area (Å²) in [5.41, 5.74) is 1.69. The van der Waals surface area contributed by atoms with Gasteiger partial charge in [-0.05, 0) is 42.0 Å². The molecule has 0 fully saturated rings. The van der Waals surface area contributed by atoms with Crippen molar-refractivity contribution >= 4 is 23.5 Å². The highest BCUT2D eigenvalue weighted by molar-refractivity contribution is 5.96. The molecule has 0 unspecified atom stereocenters. The average Bonchev–Trinajstić information content (AvgIpc) is 2.72. The first-order valence-electron chi connectivity index (χ1n) is 8.71. The van der Waals surface area contributed by atoms with E-state index in [-0.39, 0.29) is 12.3 Å². The molecule has 1 heterocycles. The maximum absolute atomic E-state index is 12.0. The Balaban J connectivity index is 1.46. The van der Waals surface area contributed by atoms with E-state index in [0.717, 1.165) is 0 Å². The topological polar surface area (TPSA) is 103 Å². The molecule has 2 N–H and O–H groups in total. The van der Waals surface area contributed by atoms with Gasteiger partial charge < -0.3 is 24.8 Å². The number of fused-ring (bicyclic) bond motifs is 1. The molecule has 0 spiro atoms. The van der Waals surface area contributed by atoms with Gasteiger partial charge in [-0.25, -0.2) is 0 Å². The molecule has 1 aliphatic rings. The highest BCUT2D eigenvalue weighted by Crippen LogP contribution is 2.30. The van der Waals surface area contributed by atoms with Crippen LogP contribution in [0.25, 0.3) is 0 Å². The fraction of sp³-hybridized carbons (Fsp3) is 0.250. The SMILES string of the molecule is CNC(=O)c1ccc(NC(=O)COC(=O)Cc2ccc3c(c2)OCCO3)cc1. The van der Waals surface area contributed by atoms with E-state index in [2.05, 4.69) is 10.6 Å². The van der Waals surface area contributed by atoms with Crippen LogP contribution in [0.2, 0.25) is 0 Å². The summed E-state index contributed by atoms with van der Waals surface area (Å²) in [4.78, 5) is 35.4. The molecule has 0 radical (unpaired) electrons. The van der Waals surface area contributed by atoms with Crippen LogP contribution in [0.3, 0.4) is 0 Å². The zero-order valence-corrected chi connectivity index (χ0v) is 15.3. The predicted octanol–water partition coefficient (Wildman–Crippen LogP) is 1.54. The van der Waals surface area contributed by atoms with E-state index in [1.807, 2.05) is 0 Å². The Hall–Kier alpha value is -3.55. The molecule has 0 aromatic heterocycles. The van der Waals surface area contributed by atoms with Crippen LogP contribution in [0.15, 0.2) is 42.5 Å². The first-order valence-corrected chi connectivity index (χ1v) is 8.71. The molecular weight excluding hydrogens is 364 g/mol. The zero-order valence-electron chi connectivity index (χ0n) is 15.3. The van der Waals surface area contributed by atoms with Gasteiger partial charge in [0.25, 0.3) is 11.8 Å². The van der Waals surface area contributed by atoms with Gasteiger partial charge in [0.1, 0.15) is 13.2 Å². The minimum Gasteiger partial charge on any atom is -0.486 e. The Bertz CT molecular complexity index is 879. The van der Waals surface area contributed by atoms with Crippen LogP contribution >= 0.6 is 0 Å². The number of rotatable bonds is 6. The third kappa shape index (κ3) is 5.00. The average molecular weight is 384 g/mol. The van der Waals surface area contributed by atoms with Crippen molar-refractivity contribution in [2.24, 2.45) is 0 Å². The number of benzene rings is 2. The maximum atomic E-state index is 12.0. The number of amides is 2. The van der Waals surface area contributed by atoms with Crippen LogP contribution in [0.4, 0.5) is 5.69 Å². The fourth-order valence-electron chi connectivity index (χ4n) is 2.61. The van der Waals surface area contributed by atoms with Gasteiger partial charge >= 0.3 is 5.97 Å². The third-order valence-corrected chi connectivity index (χ3v) is 3.98. The van der Waals surface area contributed by atoms with E-state index in [4.69, 9.17) is 14.2 Å². The van der Waals surface area contributed by atoms with Crippen molar-refractivity contribution in [3.8, 4) is 11.5 Å². The van der Waals surface area contributed by atoms with Gasteiger partial charge in [0.15, 0.2) is 18.1 Å². The number of carbonyl (C=O) groups is 3. The number of anilines is 1. The Morgan fingerprint density at radius 3 is 2.43 bits per heavy atom. The fourth-order valence-corrected chi connectivity index (χ4v) is 2.61. The zero-order chi connectivity index (χ0) is 19.9. The van der Waals surface area contributed by atoms with Gasteiger partial charge in [-0.2, -0.15) is 0 Å². The van der Waals surface area contributed by atoms with Crippen LogP contribution in [0, 0.1) is 0 Å². The lowest BCUT2D eigenvalue weighted by atomic mass is 10.1. The molecule has 0 saturated carbocycles. The predicted molar refractivity (Wildman–Crippen MR) is 101 cm³/mol. The van der Waals surface area contributed by atoms with Crippen LogP contribution in [0.1, 0.15) is 15.9 Å². The number of carbonyl (C=O) groups excluding carboxylic acids is 3. The molecule has 2 aromatic rings. The molecule has 1 aliphatic heterocycles. The van der Waals surface area contributed by atoms with E-state index in [9.17, 15) is 14.4 Å². The summed E-state index contributed by atoms with van der Waals surface area (Å²) < 4.78 is 15.9. The standard InChI is InChI=1S/C20H20N2O6/c1-21-20(25)14-3-5-15(6-4-14)22-18(23)12-28-19(24)11-13-2-7-16-17(10-13)27-9-8-26-16/h2-7,10H,8-9,11-12H2,1H3,(H,21,25)(H,22,23). The summed E-state index contributed by atoms with van der Waals surface area (Å²) in [6.07, 6.45) is 0.0186. The molecule has 0 atom stereocenters. The first-order chi connectivity index (χ1) is 13.5. The summed E-state index contributed by atoms with van der Waals surface area (Å²) in [6.45, 7) is 0.559. The lowest BCUT2D eigenvalue weighted by Gasteiger charge is -2.18. The van der Waals surface area contributed by atoms with Crippen molar-refractivity contribution < 1.29 is 28.6 Å². The second-order valence-corrected chi connectivity index (χ2v) is 6.02. The van der Waals surface area contributed by atoms with E-state index in [0.29, 0.717) is 41.5 Å². The van der Waals surface area contributed by atoms with Crippen molar-refractivity contribution in [1.82, 2.24) is 5.32 Å². The van der Waals surface area contributed by atoms with Crippen molar-refractivity contribution in [1.29, 1.82) is 0 Å². The summed E-state index contributed by atoms with van der Waals surface area (Å²) in [7, 11) is 1.54. The number of esters is 1. The Kier molecular flexibility index (Phi) is 6.11. The number of nitrogens with one attached hydrogen (secondary N) is 2. The molecule has 28 heavy (non-hydrogen) atoms. The lowest BCUT2D eigenvalue weighted by molar-refractivity contribution is -0.146. The third-order valence-electron chi connectivity index (χ3n) is 3.98. The second kappa shape index (κ2) is 8.90. The normalized spacial score (nSPS) is 12.0. The van der Waals surface area contributed by atoms with Gasteiger partial charge in [0.2, 0.25) is 0 Å². The molecule has 0 aliphatic carbocycles. The summed E-state index contributed by atoms with van der Waals surface area (Å²) in [5, 5.41) is 5.11. The van der Waals surface area contributed by atoms with Gasteiger partial charge in [0, 0.05) is 18.3 Å². The largest absolute Gasteiger partial charge is 0.486 e. The molecule has 0 bridgehead atoms. The van der Waals surface area contributed by atoms with E-state index in [1.165, 1.54) is 7.05 Å². The summed E-state index contributed by atoms with van der Waals surface area (Å²) >= 11 is 0. The van der Waals surface area contributed by atoms with E-state index in [1.54, 1.807) is 42.5 Å². The van der Waals surface area contributed by atoms with Crippen molar-refractivity contribution in [2.75, 3.05) is 32.2 Å². The first kappa shape index (κ1) is 19.2. The summed E-state index contributed by atoms with van der Waals surface area (Å²) in [5.74, 6) is 0.0237. The van der Waals surface area contributed by atoms with Crippen molar-refractivity contribution in [2.45, 2.75) is 6.42 Å². The second-order valence-electron chi connectivity index (χ2n) is 6.02. The monoisotopic (exact) mass is 384 g/mol. The van der Waals surface area contributed by atoms with Gasteiger partial charge in [-0.1, -0.05) is 6.07 Å². The Morgan fingerprint density at radius 1 is 1.00 bits per heavy atom. The number of hydrogen-bond acceptors (Lipinski definition) is 6. The quantitative estimate of drug-likeness (QED) is 0.733. The smallest absolute Gasteiger partial charge is 0.310 e. The molecule has 3 rings (SSSR count). The molecule has 2 amide bonds. The highest BCUT2D eigenvalue weighted by atomic mass is 16.6. The molecule has 8 heteroatoms. The van der Waals surface area contributed by atoms with Gasteiger partial charge in [-0.3, -0.25) is 14.4 Å². The van der Waals surface area contributed by atoms with Gasteiger partial charge in [-0.15, -0.1) is 0 Å². The molecule has 8 nitrogen and oxygen atoms in total. The van der Waals surface area contributed by atoms with Crippen LogP contribution in [-0.2, 0) is 20.7 Å². The van der Waals surface area contributed by atoms with Crippen LogP contribution < -0.4 is 20.1 Å². The van der Waals surface area contributed by atoms with Crippen LogP contribution in [0.5, 0.6) is 11.5 Å². The lowest BCUT2D eigenvalue weighted by Crippen LogP contribution is -2.22. The molecule has 2 aromatic carbocycles. The highest BCUT2D eigenvalue weighted by Gasteiger charge is 2.14. The van der Waals surface area contributed by atoms with Crippen LogP contribution in [-0.4, -0.2) is 44.7 Å². The number of hydrogen-bond donors (Lipinski definition) is 2. The minimum absolute atomic E-state index is 0.0186. The summed E-state index contributed by atoms with van der Waals surface area (Å²) in [6, 6.07) is 11.6. The minimum atomic E-state index is -0.526. The molecular formula is C20H20N2O6. The van der Waals surface area contributed by atoms with E-state index < -0.39 is 18.5 Å². The van der Waals surface area contributed by atoms with Crippen molar-refractivity contribution in [3.63, 3.8) is 0 Å². The van der Waals surface area contributed by atoms with E-state index >= 15 is 0 Å². The maximum Gasteiger partial charge on any atom is 0.310 e. The molecule has 0 saturated heterocycles. The number of ether oxygens (including phenoxy) is 3. The Morgan fingerprint density at radius 2 is 1.71 bits per heavy atom. The molecule has 146 valence electrons. The Labute approximate surface area is 161 Å². The van der Waals surface area contributed by atoms with Crippen molar-refractivity contribution in [3.05, 3.63) is 53.6 Å².